The van der Waals surface area contributed by atoms with Gasteiger partial charge in [0.15, 0.2) is 18.5 Å². The average molecular weight is 308 g/mol. The summed E-state index contributed by atoms with van der Waals surface area (Å²) in [6.45, 7) is 0.298. The SMILES string of the molecule is O=C(c1ccccc1)c1ccc2[n+](c1)Cc1c(F)cc(F)cc1-2. The standard InChI is InChI=1S/C19H12F2NO/c20-14-8-15-16(17(21)9-14)11-22-10-13(6-7-18(15)22)19(23)12-4-2-1-3-5-12/h1-10H,11H2/q+1. The molecule has 112 valence electrons. The molecular weight excluding hydrogens is 296 g/mol. The Kier molecular flexibility index (Phi) is 3.05. The molecule has 0 saturated heterocycles. The highest BCUT2D eigenvalue weighted by molar-refractivity contribution is 6.08. The second-order valence-electron chi connectivity index (χ2n) is 5.54. The molecule has 0 atom stereocenters. The molecule has 0 bridgehead atoms. The average Bonchev–Trinajstić information content (AvgIpc) is 2.93. The van der Waals surface area contributed by atoms with E-state index < -0.39 is 11.6 Å². The first kappa shape index (κ1) is 13.8. The van der Waals surface area contributed by atoms with E-state index in [1.807, 2.05) is 18.2 Å². The number of nitrogens with zero attached hydrogens (tertiary/aromatic N) is 1. The van der Waals surface area contributed by atoms with Gasteiger partial charge in [-0.05, 0) is 12.1 Å². The normalized spacial score (nSPS) is 11.9. The number of benzene rings is 2. The number of aromatic nitrogens is 1. The minimum atomic E-state index is -0.598. The predicted octanol–water partition coefficient (Wildman–Crippen LogP) is 3.51. The van der Waals surface area contributed by atoms with Crippen molar-refractivity contribution in [3.05, 3.63) is 89.1 Å². The Morgan fingerprint density at radius 3 is 2.52 bits per heavy atom. The zero-order valence-electron chi connectivity index (χ0n) is 12.1. The number of carbonyl (C=O) groups is 1. The molecule has 2 nitrogen and oxygen atoms in total. The largest absolute Gasteiger partial charge is 0.288 e. The third-order valence-electron chi connectivity index (χ3n) is 4.09. The van der Waals surface area contributed by atoms with Gasteiger partial charge in [0.25, 0.3) is 0 Å². The Hall–Kier alpha value is -2.88. The van der Waals surface area contributed by atoms with Crippen molar-refractivity contribution >= 4 is 5.78 Å². The lowest BCUT2D eigenvalue weighted by Crippen LogP contribution is -2.33. The fourth-order valence-electron chi connectivity index (χ4n) is 2.97. The number of ketones is 1. The van der Waals surface area contributed by atoms with Crippen LogP contribution in [0.4, 0.5) is 8.78 Å². The molecule has 2 aromatic carbocycles. The van der Waals surface area contributed by atoms with E-state index in [2.05, 4.69) is 0 Å². The highest BCUT2D eigenvalue weighted by atomic mass is 19.1. The number of fused-ring (bicyclic) bond motifs is 3. The quantitative estimate of drug-likeness (QED) is 0.410. The molecule has 4 rings (SSSR count). The van der Waals surface area contributed by atoms with E-state index in [4.69, 9.17) is 0 Å². The van der Waals surface area contributed by atoms with Crippen LogP contribution >= 0.6 is 0 Å². The van der Waals surface area contributed by atoms with Gasteiger partial charge in [0.05, 0.1) is 16.7 Å². The van der Waals surface area contributed by atoms with E-state index in [-0.39, 0.29) is 5.78 Å². The maximum Gasteiger partial charge on any atom is 0.213 e. The summed E-state index contributed by atoms with van der Waals surface area (Å²) < 4.78 is 29.1. The minimum Gasteiger partial charge on any atom is -0.288 e. The summed E-state index contributed by atoms with van der Waals surface area (Å²) in [5.41, 5.74) is 2.83. The molecule has 0 spiro atoms. The first-order valence-corrected chi connectivity index (χ1v) is 7.25. The molecule has 23 heavy (non-hydrogen) atoms. The predicted molar refractivity (Wildman–Crippen MR) is 81.0 cm³/mol. The van der Waals surface area contributed by atoms with Gasteiger partial charge in [-0.15, -0.1) is 0 Å². The van der Waals surface area contributed by atoms with E-state index in [0.29, 0.717) is 34.5 Å². The van der Waals surface area contributed by atoms with Crippen LogP contribution in [-0.4, -0.2) is 5.78 Å². The van der Waals surface area contributed by atoms with Gasteiger partial charge in [-0.2, -0.15) is 4.57 Å². The molecule has 1 aliphatic heterocycles. The number of rotatable bonds is 2. The highest BCUT2D eigenvalue weighted by Crippen LogP contribution is 2.29. The molecule has 0 unspecified atom stereocenters. The van der Waals surface area contributed by atoms with Crippen molar-refractivity contribution in [1.29, 1.82) is 0 Å². The number of carbonyl (C=O) groups excluding carboxylic acids is 1. The summed E-state index contributed by atoms with van der Waals surface area (Å²) in [5.74, 6) is -1.25. The summed E-state index contributed by atoms with van der Waals surface area (Å²) in [6.07, 6.45) is 1.70. The molecular formula is C19H12F2NO+. The van der Waals surface area contributed by atoms with Crippen LogP contribution in [0.25, 0.3) is 11.3 Å². The summed E-state index contributed by atoms with van der Waals surface area (Å²) >= 11 is 0. The van der Waals surface area contributed by atoms with Crippen LogP contribution in [-0.2, 0) is 6.54 Å². The summed E-state index contributed by atoms with van der Waals surface area (Å²) in [4.78, 5) is 12.5. The monoisotopic (exact) mass is 308 g/mol. The molecule has 4 heteroatoms. The highest BCUT2D eigenvalue weighted by Gasteiger charge is 2.30. The summed E-state index contributed by atoms with van der Waals surface area (Å²) in [5, 5.41) is 0. The fraction of sp³-hybridized carbons (Fsp3) is 0.0526. The van der Waals surface area contributed by atoms with Crippen molar-refractivity contribution < 1.29 is 18.1 Å². The van der Waals surface area contributed by atoms with E-state index in [9.17, 15) is 13.6 Å². The fourth-order valence-corrected chi connectivity index (χ4v) is 2.97. The lowest BCUT2D eigenvalue weighted by atomic mass is 10.0. The van der Waals surface area contributed by atoms with Gasteiger partial charge < -0.3 is 0 Å². The Balaban J connectivity index is 1.77. The smallest absolute Gasteiger partial charge is 0.213 e. The van der Waals surface area contributed by atoms with Crippen LogP contribution in [0.2, 0.25) is 0 Å². The number of hydrogen-bond donors (Lipinski definition) is 0. The van der Waals surface area contributed by atoms with Crippen LogP contribution in [0.5, 0.6) is 0 Å². The second kappa shape index (κ2) is 5.09. The van der Waals surface area contributed by atoms with E-state index in [1.54, 1.807) is 35.0 Å². The zero-order chi connectivity index (χ0) is 16.0. The van der Waals surface area contributed by atoms with Gasteiger partial charge in [0, 0.05) is 17.7 Å². The van der Waals surface area contributed by atoms with Crippen LogP contribution in [0.3, 0.4) is 0 Å². The number of halogens is 2. The van der Waals surface area contributed by atoms with Crippen LogP contribution in [0, 0.1) is 11.6 Å². The van der Waals surface area contributed by atoms with Gasteiger partial charge in [-0.3, -0.25) is 4.79 Å². The Labute approximate surface area is 131 Å². The molecule has 1 aliphatic rings. The van der Waals surface area contributed by atoms with Gasteiger partial charge in [-0.25, -0.2) is 8.78 Å². The lowest BCUT2D eigenvalue weighted by molar-refractivity contribution is -0.672. The van der Waals surface area contributed by atoms with E-state index in [0.717, 1.165) is 6.07 Å². The van der Waals surface area contributed by atoms with Crippen LogP contribution < -0.4 is 4.57 Å². The second-order valence-corrected chi connectivity index (χ2v) is 5.54. The molecule has 0 amide bonds. The third-order valence-corrected chi connectivity index (χ3v) is 4.09. The maximum absolute atomic E-state index is 13.9. The first-order valence-electron chi connectivity index (χ1n) is 7.25. The van der Waals surface area contributed by atoms with Crippen molar-refractivity contribution in [2.45, 2.75) is 6.54 Å². The van der Waals surface area contributed by atoms with Crippen LogP contribution in [0.1, 0.15) is 21.5 Å². The molecule has 3 aromatic rings. The topological polar surface area (TPSA) is 20.9 Å². The molecule has 0 N–H and O–H groups in total. The Morgan fingerprint density at radius 2 is 1.74 bits per heavy atom. The van der Waals surface area contributed by atoms with E-state index >= 15 is 0 Å². The number of pyridine rings is 1. The molecule has 2 heterocycles. The molecule has 1 aromatic heterocycles. The van der Waals surface area contributed by atoms with Gasteiger partial charge >= 0.3 is 0 Å². The first-order chi connectivity index (χ1) is 11.1. The van der Waals surface area contributed by atoms with Gasteiger partial charge in [-0.1, -0.05) is 30.3 Å². The molecule has 0 fully saturated rings. The molecule has 0 saturated carbocycles. The Morgan fingerprint density at radius 1 is 0.957 bits per heavy atom. The van der Waals surface area contributed by atoms with Crippen LogP contribution in [0.15, 0.2) is 60.8 Å². The zero-order valence-corrected chi connectivity index (χ0v) is 12.1. The Bertz CT molecular complexity index is 936. The van der Waals surface area contributed by atoms with Crippen molar-refractivity contribution in [2.24, 2.45) is 0 Å². The van der Waals surface area contributed by atoms with Gasteiger partial charge in [0.1, 0.15) is 11.6 Å². The van der Waals surface area contributed by atoms with Crippen molar-refractivity contribution in [1.82, 2.24) is 0 Å². The number of hydrogen-bond acceptors (Lipinski definition) is 1. The lowest BCUT2D eigenvalue weighted by Gasteiger charge is -2.00. The maximum atomic E-state index is 13.9. The molecule has 0 radical (unpaired) electrons. The van der Waals surface area contributed by atoms with Crippen molar-refractivity contribution in [3.8, 4) is 11.3 Å². The van der Waals surface area contributed by atoms with Crippen molar-refractivity contribution in [3.63, 3.8) is 0 Å². The van der Waals surface area contributed by atoms with Gasteiger partial charge in [0.2, 0.25) is 5.69 Å². The summed E-state index contributed by atoms with van der Waals surface area (Å²) in [7, 11) is 0. The van der Waals surface area contributed by atoms with Crippen molar-refractivity contribution in [2.75, 3.05) is 0 Å². The molecule has 0 aliphatic carbocycles. The minimum absolute atomic E-state index is 0.0940. The third kappa shape index (κ3) is 2.23. The van der Waals surface area contributed by atoms with E-state index in [1.165, 1.54) is 6.07 Å². The summed E-state index contributed by atoms with van der Waals surface area (Å²) in [6, 6.07) is 14.6.